The first-order chi connectivity index (χ1) is 11.0. The van der Waals surface area contributed by atoms with Crippen molar-refractivity contribution in [1.82, 2.24) is 0 Å². The lowest BCUT2D eigenvalue weighted by Gasteiger charge is -2.04. The number of phenolic OH excluding ortho intramolecular Hbond substituents is 1. The number of phenols is 1. The number of anilines is 1. The minimum atomic E-state index is -0.648. The van der Waals surface area contributed by atoms with Crippen molar-refractivity contribution in [1.29, 1.82) is 5.26 Å². The third-order valence-electron chi connectivity index (χ3n) is 2.88. The van der Waals surface area contributed by atoms with Crippen LogP contribution in [-0.2, 0) is 4.79 Å². The summed E-state index contributed by atoms with van der Waals surface area (Å²) in [6.07, 6.45) is 1.27. The van der Waals surface area contributed by atoms with Crippen LogP contribution in [0.1, 0.15) is 5.56 Å². The number of nitriles is 1. The number of nitrogens with one attached hydrogen (secondary N) is 1. The van der Waals surface area contributed by atoms with Crippen LogP contribution in [0.5, 0.6) is 5.75 Å². The van der Waals surface area contributed by atoms with Crippen LogP contribution in [0.2, 0.25) is 0 Å². The molecular formula is C16H11N3O4. The van der Waals surface area contributed by atoms with E-state index in [2.05, 4.69) is 5.32 Å². The summed E-state index contributed by atoms with van der Waals surface area (Å²) in [5.74, 6) is -0.597. The number of carbonyl (C=O) groups excluding carboxylic acids is 1. The molecular weight excluding hydrogens is 298 g/mol. The van der Waals surface area contributed by atoms with Gasteiger partial charge in [-0.3, -0.25) is 14.9 Å². The predicted octanol–water partition coefficient (Wildman–Crippen LogP) is 2.85. The number of amides is 1. The van der Waals surface area contributed by atoms with Gasteiger partial charge in [0.05, 0.1) is 4.92 Å². The van der Waals surface area contributed by atoms with Gasteiger partial charge in [-0.25, -0.2) is 0 Å². The molecule has 2 aromatic rings. The minimum Gasteiger partial charge on any atom is -0.508 e. The summed E-state index contributed by atoms with van der Waals surface area (Å²) in [7, 11) is 0. The number of benzene rings is 2. The summed E-state index contributed by atoms with van der Waals surface area (Å²) >= 11 is 0. The molecule has 0 aromatic heterocycles. The predicted molar refractivity (Wildman–Crippen MR) is 83.4 cm³/mol. The van der Waals surface area contributed by atoms with Gasteiger partial charge in [-0.2, -0.15) is 5.26 Å². The molecule has 0 aliphatic heterocycles. The molecule has 0 aliphatic carbocycles. The maximum atomic E-state index is 12.1. The number of non-ortho nitro benzene ring substituents is 1. The Morgan fingerprint density at radius 1 is 1.26 bits per heavy atom. The van der Waals surface area contributed by atoms with Crippen LogP contribution in [0.4, 0.5) is 11.4 Å². The van der Waals surface area contributed by atoms with Gasteiger partial charge in [0.1, 0.15) is 17.4 Å². The molecule has 0 atom stereocenters. The van der Waals surface area contributed by atoms with Crippen LogP contribution < -0.4 is 5.32 Å². The van der Waals surface area contributed by atoms with Crippen LogP contribution >= 0.6 is 0 Å². The number of hydrogen-bond donors (Lipinski definition) is 2. The van der Waals surface area contributed by atoms with E-state index in [1.165, 1.54) is 48.5 Å². The molecule has 23 heavy (non-hydrogen) atoms. The maximum absolute atomic E-state index is 12.1. The van der Waals surface area contributed by atoms with Crippen molar-refractivity contribution < 1.29 is 14.8 Å². The minimum absolute atomic E-state index is 0.0515. The molecule has 0 unspecified atom stereocenters. The van der Waals surface area contributed by atoms with Crippen molar-refractivity contribution in [2.45, 2.75) is 0 Å². The summed E-state index contributed by atoms with van der Waals surface area (Å²) in [4.78, 5) is 22.2. The molecule has 0 saturated carbocycles. The molecule has 114 valence electrons. The molecule has 0 aliphatic rings. The summed E-state index contributed by atoms with van der Waals surface area (Å²) in [6, 6.07) is 13.1. The number of nitro benzene ring substituents is 1. The monoisotopic (exact) mass is 309 g/mol. The Kier molecular flexibility index (Phi) is 4.69. The Hall–Kier alpha value is -3.66. The Morgan fingerprint density at radius 3 is 2.57 bits per heavy atom. The van der Waals surface area contributed by atoms with E-state index in [4.69, 9.17) is 5.26 Å². The van der Waals surface area contributed by atoms with Gasteiger partial charge in [0, 0.05) is 17.8 Å². The molecule has 0 spiro atoms. The lowest BCUT2D eigenvalue weighted by molar-refractivity contribution is -0.384. The van der Waals surface area contributed by atoms with Crippen LogP contribution in [0, 0.1) is 21.4 Å². The molecule has 0 heterocycles. The molecule has 0 radical (unpaired) electrons. The van der Waals surface area contributed by atoms with Gasteiger partial charge < -0.3 is 10.4 Å². The zero-order chi connectivity index (χ0) is 16.8. The Bertz CT molecular complexity index is 820. The van der Waals surface area contributed by atoms with Crippen molar-refractivity contribution in [2.24, 2.45) is 0 Å². The fraction of sp³-hybridized carbons (Fsp3) is 0. The molecule has 7 heteroatoms. The fourth-order valence-corrected chi connectivity index (χ4v) is 1.79. The third kappa shape index (κ3) is 4.15. The van der Waals surface area contributed by atoms with E-state index in [1.807, 2.05) is 0 Å². The Labute approximate surface area is 131 Å². The lowest BCUT2D eigenvalue weighted by Crippen LogP contribution is -2.13. The molecule has 0 saturated heterocycles. The van der Waals surface area contributed by atoms with Gasteiger partial charge in [-0.05, 0) is 35.9 Å². The van der Waals surface area contributed by atoms with Gasteiger partial charge in [-0.15, -0.1) is 0 Å². The number of nitro groups is 1. The first-order valence-corrected chi connectivity index (χ1v) is 6.46. The van der Waals surface area contributed by atoms with Gasteiger partial charge >= 0.3 is 0 Å². The van der Waals surface area contributed by atoms with Crippen molar-refractivity contribution in [3.63, 3.8) is 0 Å². The van der Waals surface area contributed by atoms with E-state index < -0.39 is 10.8 Å². The van der Waals surface area contributed by atoms with Gasteiger partial charge in [0.2, 0.25) is 0 Å². The summed E-state index contributed by atoms with van der Waals surface area (Å²) in [5.41, 5.74) is 0.457. The first-order valence-electron chi connectivity index (χ1n) is 6.46. The summed E-state index contributed by atoms with van der Waals surface area (Å²) < 4.78 is 0. The van der Waals surface area contributed by atoms with E-state index in [1.54, 1.807) is 12.1 Å². The smallest absolute Gasteiger partial charge is 0.270 e. The highest BCUT2D eigenvalue weighted by atomic mass is 16.6. The highest BCUT2D eigenvalue weighted by Gasteiger charge is 2.11. The average molecular weight is 309 g/mol. The number of nitrogens with zero attached hydrogens (tertiary/aromatic N) is 2. The number of carbonyl (C=O) groups is 1. The molecule has 0 fully saturated rings. The van der Waals surface area contributed by atoms with Crippen molar-refractivity contribution in [3.8, 4) is 11.8 Å². The summed E-state index contributed by atoms with van der Waals surface area (Å²) in [6.45, 7) is 0. The molecule has 2 N–H and O–H groups in total. The Morgan fingerprint density at radius 2 is 1.96 bits per heavy atom. The van der Waals surface area contributed by atoms with E-state index >= 15 is 0 Å². The third-order valence-corrected chi connectivity index (χ3v) is 2.88. The van der Waals surface area contributed by atoms with Gasteiger partial charge in [-0.1, -0.05) is 12.1 Å². The molecule has 2 aromatic carbocycles. The van der Waals surface area contributed by atoms with Crippen molar-refractivity contribution in [2.75, 3.05) is 5.32 Å². The van der Waals surface area contributed by atoms with E-state index in [0.717, 1.165) is 0 Å². The highest BCUT2D eigenvalue weighted by molar-refractivity contribution is 6.09. The molecule has 1 amide bonds. The zero-order valence-corrected chi connectivity index (χ0v) is 11.8. The standard InChI is InChI=1S/C16H11N3O4/c17-10-12(8-11-2-1-3-14(9-11)19(22)23)16(21)18-13-4-6-15(20)7-5-13/h1-9,20H,(H,18,21)/b12-8+. The average Bonchev–Trinajstić information content (AvgIpc) is 2.55. The van der Waals surface area contributed by atoms with E-state index in [-0.39, 0.29) is 17.0 Å². The fourth-order valence-electron chi connectivity index (χ4n) is 1.79. The number of rotatable bonds is 4. The largest absolute Gasteiger partial charge is 0.508 e. The Balaban J connectivity index is 2.23. The van der Waals surface area contributed by atoms with Crippen molar-refractivity contribution >= 4 is 23.4 Å². The lowest BCUT2D eigenvalue weighted by atomic mass is 10.1. The van der Waals surface area contributed by atoms with Crippen molar-refractivity contribution in [3.05, 3.63) is 69.8 Å². The van der Waals surface area contributed by atoms with Crippen LogP contribution in [0.3, 0.4) is 0 Å². The maximum Gasteiger partial charge on any atom is 0.270 e. The molecule has 2 rings (SSSR count). The highest BCUT2D eigenvalue weighted by Crippen LogP contribution is 2.17. The second kappa shape index (κ2) is 6.87. The van der Waals surface area contributed by atoms with Gasteiger partial charge in [0.15, 0.2) is 0 Å². The normalized spacial score (nSPS) is 10.7. The summed E-state index contributed by atoms with van der Waals surface area (Å²) in [5, 5.41) is 31.5. The number of aromatic hydroxyl groups is 1. The van der Waals surface area contributed by atoms with E-state index in [9.17, 15) is 20.0 Å². The topological polar surface area (TPSA) is 116 Å². The molecule has 7 nitrogen and oxygen atoms in total. The van der Waals surface area contributed by atoms with Gasteiger partial charge in [0.25, 0.3) is 11.6 Å². The SMILES string of the molecule is N#C/C(=C\c1cccc([N+](=O)[O-])c1)C(=O)Nc1ccc(O)cc1. The quantitative estimate of drug-likeness (QED) is 0.296. The van der Waals surface area contributed by atoms with Crippen LogP contribution in [0.25, 0.3) is 6.08 Å². The van der Waals surface area contributed by atoms with E-state index in [0.29, 0.717) is 11.3 Å². The number of hydrogen-bond acceptors (Lipinski definition) is 5. The molecule has 0 bridgehead atoms. The first kappa shape index (κ1) is 15.7. The zero-order valence-electron chi connectivity index (χ0n) is 11.8. The van der Waals surface area contributed by atoms with Crippen LogP contribution in [-0.4, -0.2) is 15.9 Å². The second-order valence-electron chi connectivity index (χ2n) is 4.52. The second-order valence-corrected chi connectivity index (χ2v) is 4.52. The van der Waals surface area contributed by atoms with Crippen LogP contribution in [0.15, 0.2) is 54.1 Å².